The van der Waals surface area contributed by atoms with Crippen molar-refractivity contribution in [2.24, 2.45) is 28.6 Å². The first-order valence-corrected chi connectivity index (χ1v) is 10.6. The maximum Gasteiger partial charge on any atom is 0.312 e. The van der Waals surface area contributed by atoms with Gasteiger partial charge in [0.15, 0.2) is 0 Å². The molecule has 0 heterocycles. The third-order valence-corrected chi connectivity index (χ3v) is 6.56. The summed E-state index contributed by atoms with van der Waals surface area (Å²) in [6.45, 7) is 8.35. The number of carboxylic acid groups (broad SMARTS) is 1. The third kappa shape index (κ3) is 5.01. The minimum Gasteiger partial charge on any atom is -0.481 e. The molecule has 26 heavy (non-hydrogen) atoms. The maximum absolute atomic E-state index is 13.3. The van der Waals surface area contributed by atoms with Crippen LogP contribution in [0.4, 0.5) is 0 Å². The molecular formula is C22H38O4. The fourth-order valence-corrected chi connectivity index (χ4v) is 5.10. The van der Waals surface area contributed by atoms with Crippen LogP contribution in [0.5, 0.6) is 0 Å². The van der Waals surface area contributed by atoms with Crippen LogP contribution in [0.1, 0.15) is 91.9 Å². The lowest BCUT2D eigenvalue weighted by atomic mass is 9.58. The van der Waals surface area contributed by atoms with Crippen LogP contribution in [0.3, 0.4) is 0 Å². The molecule has 2 aliphatic carbocycles. The first-order chi connectivity index (χ1) is 12.2. The molecule has 150 valence electrons. The zero-order valence-electron chi connectivity index (χ0n) is 17.2. The van der Waals surface area contributed by atoms with Crippen molar-refractivity contribution >= 4 is 11.9 Å². The maximum atomic E-state index is 13.3. The Kier molecular flexibility index (Phi) is 7.15. The van der Waals surface area contributed by atoms with Gasteiger partial charge in [-0.25, -0.2) is 0 Å². The van der Waals surface area contributed by atoms with Crippen LogP contribution in [-0.2, 0) is 14.3 Å². The number of carboxylic acids is 1. The van der Waals surface area contributed by atoms with Gasteiger partial charge >= 0.3 is 11.9 Å². The van der Waals surface area contributed by atoms with Gasteiger partial charge in [0.25, 0.3) is 0 Å². The summed E-state index contributed by atoms with van der Waals surface area (Å²) in [6.07, 6.45) is 10.4. The predicted molar refractivity (Wildman–Crippen MR) is 103 cm³/mol. The molecule has 0 bridgehead atoms. The van der Waals surface area contributed by atoms with Crippen LogP contribution in [0, 0.1) is 28.6 Å². The lowest BCUT2D eigenvalue weighted by Crippen LogP contribution is -2.51. The van der Waals surface area contributed by atoms with Gasteiger partial charge in [-0.05, 0) is 49.9 Å². The fraction of sp³-hybridized carbons (Fsp3) is 0.909. The second-order valence-corrected chi connectivity index (χ2v) is 9.97. The molecule has 0 saturated heterocycles. The summed E-state index contributed by atoms with van der Waals surface area (Å²) >= 11 is 0. The largest absolute Gasteiger partial charge is 0.481 e. The zero-order valence-corrected chi connectivity index (χ0v) is 17.2. The van der Waals surface area contributed by atoms with E-state index in [0.717, 1.165) is 51.4 Å². The Hall–Kier alpha value is -1.06. The molecule has 0 spiro atoms. The van der Waals surface area contributed by atoms with Crippen molar-refractivity contribution in [1.82, 2.24) is 0 Å². The molecule has 0 aromatic heterocycles. The molecule has 2 aliphatic rings. The second-order valence-electron chi connectivity index (χ2n) is 9.97. The number of ether oxygens (including phenoxy) is 1. The van der Waals surface area contributed by atoms with Gasteiger partial charge in [0.05, 0.1) is 17.9 Å². The summed E-state index contributed by atoms with van der Waals surface area (Å²) in [6, 6.07) is 0. The molecule has 0 aromatic carbocycles. The van der Waals surface area contributed by atoms with E-state index in [2.05, 4.69) is 0 Å². The van der Waals surface area contributed by atoms with Crippen LogP contribution >= 0.6 is 0 Å². The number of esters is 1. The van der Waals surface area contributed by atoms with E-state index in [0.29, 0.717) is 6.61 Å². The van der Waals surface area contributed by atoms with Gasteiger partial charge in [0.1, 0.15) is 0 Å². The Labute approximate surface area is 159 Å². The molecule has 1 N–H and O–H groups in total. The van der Waals surface area contributed by atoms with E-state index in [-0.39, 0.29) is 23.2 Å². The van der Waals surface area contributed by atoms with Gasteiger partial charge in [0, 0.05) is 0 Å². The highest BCUT2D eigenvalue weighted by Crippen LogP contribution is 2.50. The Balaban J connectivity index is 2.32. The van der Waals surface area contributed by atoms with Crippen molar-refractivity contribution in [2.45, 2.75) is 91.9 Å². The molecule has 4 heteroatoms. The van der Waals surface area contributed by atoms with E-state index >= 15 is 0 Å². The van der Waals surface area contributed by atoms with Crippen molar-refractivity contribution < 1.29 is 19.4 Å². The first-order valence-electron chi connectivity index (χ1n) is 10.6. The average molecular weight is 367 g/mol. The molecule has 0 amide bonds. The molecular weight excluding hydrogens is 328 g/mol. The molecule has 2 unspecified atom stereocenters. The molecule has 2 rings (SSSR count). The van der Waals surface area contributed by atoms with Gasteiger partial charge < -0.3 is 9.84 Å². The van der Waals surface area contributed by atoms with Crippen molar-refractivity contribution in [1.29, 1.82) is 0 Å². The Bertz CT molecular complexity index is 481. The van der Waals surface area contributed by atoms with E-state index < -0.39 is 17.3 Å². The van der Waals surface area contributed by atoms with Gasteiger partial charge in [-0.1, -0.05) is 59.3 Å². The second kappa shape index (κ2) is 8.75. The van der Waals surface area contributed by atoms with Gasteiger partial charge in [-0.2, -0.15) is 0 Å². The molecule has 4 nitrogen and oxygen atoms in total. The summed E-state index contributed by atoms with van der Waals surface area (Å²) in [4.78, 5) is 25.7. The smallest absolute Gasteiger partial charge is 0.312 e. The number of rotatable bonds is 6. The van der Waals surface area contributed by atoms with Crippen LogP contribution in [-0.4, -0.2) is 23.7 Å². The van der Waals surface area contributed by atoms with Crippen LogP contribution in [0.15, 0.2) is 0 Å². The topological polar surface area (TPSA) is 63.6 Å². The van der Waals surface area contributed by atoms with E-state index in [1.165, 1.54) is 12.8 Å². The quantitative estimate of drug-likeness (QED) is 0.635. The Morgan fingerprint density at radius 2 is 1.42 bits per heavy atom. The summed E-state index contributed by atoms with van der Waals surface area (Å²) < 4.78 is 5.74. The van der Waals surface area contributed by atoms with Crippen molar-refractivity contribution in [3.05, 3.63) is 0 Å². The highest BCUT2D eigenvalue weighted by molar-refractivity contribution is 5.85. The van der Waals surface area contributed by atoms with E-state index in [1.807, 2.05) is 27.7 Å². The molecule has 2 fully saturated rings. The normalized spacial score (nSPS) is 23.8. The van der Waals surface area contributed by atoms with Crippen LogP contribution < -0.4 is 0 Å². The summed E-state index contributed by atoms with van der Waals surface area (Å²) in [5.74, 6) is -1.50. The number of aliphatic carboxylic acids is 1. The van der Waals surface area contributed by atoms with E-state index in [1.54, 1.807) is 0 Å². The van der Waals surface area contributed by atoms with E-state index in [4.69, 9.17) is 4.74 Å². The molecule has 0 radical (unpaired) electrons. The van der Waals surface area contributed by atoms with Crippen molar-refractivity contribution in [2.75, 3.05) is 6.61 Å². The van der Waals surface area contributed by atoms with Gasteiger partial charge in [-0.3, -0.25) is 9.59 Å². The minimum absolute atomic E-state index is 0.0929. The molecule has 0 aliphatic heterocycles. The number of carbonyl (C=O) groups excluding carboxylic acids is 1. The number of carbonyl (C=O) groups is 2. The monoisotopic (exact) mass is 366 g/mol. The van der Waals surface area contributed by atoms with Crippen molar-refractivity contribution in [3.8, 4) is 0 Å². The highest BCUT2D eigenvalue weighted by atomic mass is 16.5. The molecule has 2 atom stereocenters. The Morgan fingerprint density at radius 3 is 1.88 bits per heavy atom. The summed E-state index contributed by atoms with van der Waals surface area (Å²) in [5, 5.41) is 10.2. The highest BCUT2D eigenvalue weighted by Gasteiger charge is 2.54. The fourth-order valence-electron chi connectivity index (χ4n) is 5.10. The minimum atomic E-state index is -0.917. The lowest BCUT2D eigenvalue weighted by Gasteiger charge is -2.45. The first kappa shape index (κ1) is 21.2. The summed E-state index contributed by atoms with van der Waals surface area (Å²) in [5.41, 5.74) is -1.04. The lowest BCUT2D eigenvalue weighted by molar-refractivity contribution is -0.178. The zero-order chi connectivity index (χ0) is 19.4. The van der Waals surface area contributed by atoms with Crippen LogP contribution in [0.2, 0.25) is 0 Å². The third-order valence-electron chi connectivity index (χ3n) is 6.56. The molecule has 0 aromatic rings. The van der Waals surface area contributed by atoms with Gasteiger partial charge in [-0.15, -0.1) is 0 Å². The Morgan fingerprint density at radius 1 is 0.923 bits per heavy atom. The standard InChI is InChI=1S/C22H38O4/c1-21(2,3)15-26-20(25)22(4,17-13-9-6-10-14-17)18(19(23)24)16-11-7-5-8-12-16/h16-18H,5-15H2,1-4H3,(H,23,24). The SMILES string of the molecule is CC(C)(C)COC(=O)C(C)(C1CCCCC1)C(C(=O)O)C1CCCCC1. The summed E-state index contributed by atoms with van der Waals surface area (Å²) in [7, 11) is 0. The number of hydrogen-bond donors (Lipinski definition) is 1. The van der Waals surface area contributed by atoms with Crippen molar-refractivity contribution in [3.63, 3.8) is 0 Å². The average Bonchev–Trinajstić information content (AvgIpc) is 2.60. The molecule has 2 saturated carbocycles. The van der Waals surface area contributed by atoms with Gasteiger partial charge in [0.2, 0.25) is 0 Å². The predicted octanol–water partition coefficient (Wildman–Crippen LogP) is 5.44. The number of hydrogen-bond acceptors (Lipinski definition) is 3. The van der Waals surface area contributed by atoms with E-state index in [9.17, 15) is 14.7 Å². The van der Waals surface area contributed by atoms with Crippen LogP contribution in [0.25, 0.3) is 0 Å².